The Morgan fingerprint density at radius 1 is 1.24 bits per heavy atom. The van der Waals surface area contributed by atoms with Gasteiger partial charge in [0.2, 0.25) is 5.91 Å². The normalized spacial score (nSPS) is 10.9. The molecule has 1 aromatic heterocycles. The Morgan fingerprint density at radius 3 is 2.71 bits per heavy atom. The first-order valence-electron chi connectivity index (χ1n) is 7.49. The third-order valence-electron chi connectivity index (χ3n) is 3.60. The minimum Gasteiger partial charge on any atom is -0.326 e. The van der Waals surface area contributed by atoms with E-state index in [0.717, 1.165) is 24.1 Å². The Hall–Kier alpha value is -1.61. The summed E-state index contributed by atoms with van der Waals surface area (Å²) in [4.78, 5) is 13.5. The second-order valence-electron chi connectivity index (χ2n) is 5.67. The number of rotatable bonds is 6. The summed E-state index contributed by atoms with van der Waals surface area (Å²) >= 11 is 1.76. The molecule has 1 N–H and O–H groups in total. The van der Waals surface area contributed by atoms with E-state index < -0.39 is 0 Å². The van der Waals surface area contributed by atoms with Crippen LogP contribution in [0.25, 0.3) is 0 Å². The zero-order valence-electron chi connectivity index (χ0n) is 13.0. The van der Waals surface area contributed by atoms with Crippen molar-refractivity contribution in [2.75, 3.05) is 5.32 Å². The van der Waals surface area contributed by atoms with Crippen LogP contribution < -0.4 is 5.32 Å². The molecule has 0 bridgehead atoms. The van der Waals surface area contributed by atoms with Crippen molar-refractivity contribution in [1.29, 1.82) is 0 Å². The lowest BCUT2D eigenvalue weighted by atomic mass is 9.98. The largest absolute Gasteiger partial charge is 0.326 e. The summed E-state index contributed by atoms with van der Waals surface area (Å²) in [5.74, 6) is 0.522. The fraction of sp³-hybridized carbons (Fsp3) is 0.389. The molecular weight excluding hydrogens is 278 g/mol. The molecule has 21 heavy (non-hydrogen) atoms. The first-order valence-corrected chi connectivity index (χ1v) is 8.37. The molecule has 1 amide bonds. The van der Waals surface area contributed by atoms with E-state index >= 15 is 0 Å². The first-order chi connectivity index (χ1) is 10.1. The van der Waals surface area contributed by atoms with E-state index in [-0.39, 0.29) is 5.91 Å². The predicted octanol–water partition coefficient (Wildman–Crippen LogP) is 5.14. The highest BCUT2D eigenvalue weighted by atomic mass is 32.1. The molecular formula is C18H23NOS. The fourth-order valence-corrected chi connectivity index (χ4v) is 3.17. The van der Waals surface area contributed by atoms with Gasteiger partial charge in [0.15, 0.2) is 0 Å². The van der Waals surface area contributed by atoms with Gasteiger partial charge in [-0.1, -0.05) is 38.1 Å². The molecule has 0 aliphatic carbocycles. The van der Waals surface area contributed by atoms with Gasteiger partial charge in [0, 0.05) is 17.0 Å². The number of hydrogen-bond acceptors (Lipinski definition) is 2. The fourth-order valence-electron chi connectivity index (χ4n) is 2.42. The highest BCUT2D eigenvalue weighted by Crippen LogP contribution is 2.27. The first kappa shape index (κ1) is 15.8. The lowest BCUT2D eigenvalue weighted by molar-refractivity contribution is -0.116. The van der Waals surface area contributed by atoms with Crippen molar-refractivity contribution in [1.82, 2.24) is 0 Å². The summed E-state index contributed by atoms with van der Waals surface area (Å²) in [6.07, 6.45) is 2.45. The van der Waals surface area contributed by atoms with Crippen LogP contribution in [-0.4, -0.2) is 5.91 Å². The lowest BCUT2D eigenvalue weighted by Gasteiger charge is -2.16. The average Bonchev–Trinajstić information content (AvgIpc) is 2.94. The Morgan fingerprint density at radius 2 is 2.05 bits per heavy atom. The van der Waals surface area contributed by atoms with Crippen LogP contribution in [0.1, 0.15) is 48.6 Å². The van der Waals surface area contributed by atoms with E-state index in [1.807, 2.05) is 13.0 Å². The molecule has 0 saturated heterocycles. The molecule has 2 aromatic rings. The third kappa shape index (κ3) is 4.43. The number of carbonyl (C=O) groups excluding carboxylic acids is 1. The molecule has 1 heterocycles. The van der Waals surface area contributed by atoms with Crippen LogP contribution in [0.5, 0.6) is 0 Å². The van der Waals surface area contributed by atoms with Crippen molar-refractivity contribution in [2.24, 2.45) is 0 Å². The highest BCUT2D eigenvalue weighted by molar-refractivity contribution is 7.09. The number of nitrogens with one attached hydrogen (secondary N) is 1. The topological polar surface area (TPSA) is 29.1 Å². The SMILES string of the molecule is Cc1cccc(C(C)C)c1NC(=O)CCCc1cccs1. The minimum absolute atomic E-state index is 0.114. The molecule has 2 rings (SSSR count). The lowest BCUT2D eigenvalue weighted by Crippen LogP contribution is -2.14. The Bertz CT molecular complexity index is 587. The smallest absolute Gasteiger partial charge is 0.224 e. The van der Waals surface area contributed by atoms with Crippen molar-refractivity contribution in [3.8, 4) is 0 Å². The van der Waals surface area contributed by atoms with Crippen molar-refractivity contribution in [2.45, 2.75) is 46.0 Å². The van der Waals surface area contributed by atoms with Gasteiger partial charge in [-0.2, -0.15) is 0 Å². The van der Waals surface area contributed by atoms with E-state index in [1.54, 1.807) is 11.3 Å². The number of hydrogen-bond donors (Lipinski definition) is 1. The molecule has 1 aromatic carbocycles. The van der Waals surface area contributed by atoms with Gasteiger partial charge >= 0.3 is 0 Å². The summed E-state index contributed by atoms with van der Waals surface area (Å²) in [7, 11) is 0. The summed E-state index contributed by atoms with van der Waals surface area (Å²) in [6, 6.07) is 10.4. The summed E-state index contributed by atoms with van der Waals surface area (Å²) in [5, 5.41) is 5.19. The van der Waals surface area contributed by atoms with Gasteiger partial charge in [-0.3, -0.25) is 4.79 Å². The van der Waals surface area contributed by atoms with Crippen molar-refractivity contribution < 1.29 is 4.79 Å². The molecule has 0 atom stereocenters. The summed E-state index contributed by atoms with van der Waals surface area (Å²) in [6.45, 7) is 6.36. The van der Waals surface area contributed by atoms with Crippen LogP contribution in [0, 0.1) is 6.92 Å². The second-order valence-corrected chi connectivity index (χ2v) is 6.71. The quantitative estimate of drug-likeness (QED) is 0.786. The zero-order chi connectivity index (χ0) is 15.2. The van der Waals surface area contributed by atoms with Crippen molar-refractivity contribution >= 4 is 22.9 Å². The van der Waals surface area contributed by atoms with Crippen LogP contribution in [0.4, 0.5) is 5.69 Å². The highest BCUT2D eigenvalue weighted by Gasteiger charge is 2.11. The number of benzene rings is 1. The van der Waals surface area contributed by atoms with Gasteiger partial charge < -0.3 is 5.32 Å². The zero-order valence-corrected chi connectivity index (χ0v) is 13.8. The molecule has 0 saturated carbocycles. The minimum atomic E-state index is 0.114. The van der Waals surface area contributed by atoms with E-state index in [1.165, 1.54) is 10.4 Å². The van der Waals surface area contributed by atoms with Gasteiger partial charge in [-0.15, -0.1) is 11.3 Å². The molecule has 0 unspecified atom stereocenters. The maximum absolute atomic E-state index is 12.2. The molecule has 2 nitrogen and oxygen atoms in total. The van der Waals surface area contributed by atoms with Crippen LogP contribution >= 0.6 is 11.3 Å². The van der Waals surface area contributed by atoms with Crippen LogP contribution in [0.2, 0.25) is 0 Å². The van der Waals surface area contributed by atoms with Gasteiger partial charge in [-0.05, 0) is 48.3 Å². The molecule has 0 spiro atoms. The monoisotopic (exact) mass is 301 g/mol. The molecule has 0 radical (unpaired) electrons. The third-order valence-corrected chi connectivity index (χ3v) is 4.53. The van der Waals surface area contributed by atoms with Crippen LogP contribution in [0.3, 0.4) is 0 Å². The Balaban J connectivity index is 1.93. The Kier molecular flexibility index (Phi) is 5.57. The van der Waals surface area contributed by atoms with Crippen LogP contribution in [0.15, 0.2) is 35.7 Å². The molecule has 3 heteroatoms. The number of carbonyl (C=O) groups is 1. The van der Waals surface area contributed by atoms with E-state index in [0.29, 0.717) is 12.3 Å². The predicted molar refractivity (Wildman–Crippen MR) is 91.2 cm³/mol. The number of thiophene rings is 1. The van der Waals surface area contributed by atoms with Crippen molar-refractivity contribution in [3.63, 3.8) is 0 Å². The van der Waals surface area contributed by atoms with Gasteiger partial charge in [-0.25, -0.2) is 0 Å². The van der Waals surface area contributed by atoms with Gasteiger partial charge in [0.1, 0.15) is 0 Å². The van der Waals surface area contributed by atoms with Gasteiger partial charge in [0.25, 0.3) is 0 Å². The summed E-state index contributed by atoms with van der Waals surface area (Å²) < 4.78 is 0. The maximum Gasteiger partial charge on any atom is 0.224 e. The Labute approximate surface area is 131 Å². The number of amides is 1. The molecule has 0 aliphatic rings. The molecule has 0 fully saturated rings. The van der Waals surface area contributed by atoms with Gasteiger partial charge in [0.05, 0.1) is 0 Å². The van der Waals surface area contributed by atoms with E-state index in [4.69, 9.17) is 0 Å². The second kappa shape index (κ2) is 7.41. The number of aryl methyl sites for hydroxylation is 2. The summed E-state index contributed by atoms with van der Waals surface area (Å²) in [5.41, 5.74) is 3.34. The number of para-hydroxylation sites is 1. The molecule has 112 valence electrons. The van der Waals surface area contributed by atoms with Crippen LogP contribution in [-0.2, 0) is 11.2 Å². The average molecular weight is 301 g/mol. The van der Waals surface area contributed by atoms with E-state index in [9.17, 15) is 4.79 Å². The standard InChI is InChI=1S/C18H23NOS/c1-13(2)16-10-4-7-14(3)18(16)19-17(20)11-5-8-15-9-6-12-21-15/h4,6-7,9-10,12-13H,5,8,11H2,1-3H3,(H,19,20). The number of anilines is 1. The van der Waals surface area contributed by atoms with E-state index in [2.05, 4.69) is 48.8 Å². The van der Waals surface area contributed by atoms with Crippen molar-refractivity contribution in [3.05, 3.63) is 51.7 Å². The maximum atomic E-state index is 12.2. The molecule has 0 aliphatic heterocycles.